The Morgan fingerprint density at radius 1 is 0.271 bits per heavy atom. The van der Waals surface area contributed by atoms with Crippen LogP contribution in [0.4, 0.5) is 105 Å². The number of alkyl halides is 24. The number of fused-ring (bicyclic) bond motifs is 6. The summed E-state index contributed by atoms with van der Waals surface area (Å²) in [5.41, 5.74) is -22.2. The molecule has 3 heterocycles. The highest BCUT2D eigenvalue weighted by Gasteiger charge is 2.43. The summed E-state index contributed by atoms with van der Waals surface area (Å²) in [6.45, 7) is 0. The van der Waals surface area contributed by atoms with Gasteiger partial charge in [0, 0.05) is 39.5 Å². The summed E-state index contributed by atoms with van der Waals surface area (Å²) in [6.07, 6.45) is -41.0. The van der Waals surface area contributed by atoms with Gasteiger partial charge in [-0.2, -0.15) is 111 Å². The lowest BCUT2D eigenvalue weighted by Crippen LogP contribution is -2.12. The van der Waals surface area contributed by atoms with Crippen molar-refractivity contribution in [3.8, 4) is 73.1 Å². The maximum Gasteiger partial charge on any atom is 0.417 e. The molecule has 4 nitrogen and oxygen atoms in total. The van der Waals surface area contributed by atoms with E-state index in [1.807, 2.05) is 6.07 Å². The molecule has 0 fully saturated rings. The Labute approximate surface area is 521 Å². The summed E-state index contributed by atoms with van der Waals surface area (Å²) < 4.78 is 352. The molecule has 3 aromatic heterocycles. The number of pyridine rings is 1. The largest absolute Gasteiger partial charge is 0.417 e. The fourth-order valence-corrected chi connectivity index (χ4v) is 11.9. The van der Waals surface area contributed by atoms with Crippen molar-refractivity contribution in [2.24, 2.45) is 0 Å². The molecule has 0 atom stereocenters. The van der Waals surface area contributed by atoms with Crippen LogP contribution in [-0.2, 0) is 49.4 Å². The van der Waals surface area contributed by atoms with E-state index in [0.717, 1.165) is 69.8 Å². The summed E-state index contributed by atoms with van der Waals surface area (Å²) in [7, 11) is 0. The average Bonchev–Trinajstić information content (AvgIpc) is 1.57. The van der Waals surface area contributed by atoms with Crippen molar-refractivity contribution in [3.63, 3.8) is 0 Å². The van der Waals surface area contributed by atoms with Gasteiger partial charge in [-0.3, -0.25) is 4.98 Å². The topological polar surface area (TPSA) is 46.5 Å². The van der Waals surface area contributed by atoms with Crippen LogP contribution in [0.25, 0.3) is 111 Å². The molecule has 12 rings (SSSR count). The molecule has 12 aromatic rings. The summed E-state index contributed by atoms with van der Waals surface area (Å²) >= 11 is 0. The first-order valence-corrected chi connectivity index (χ1v) is 27.4. The first-order valence-electron chi connectivity index (χ1n) is 27.4. The molecular weight excluding hydrogens is 1330 g/mol. The molecule has 0 aliphatic carbocycles. The van der Waals surface area contributed by atoms with Crippen molar-refractivity contribution in [3.05, 3.63) is 232 Å². The normalized spacial score (nSPS) is 13.2. The second kappa shape index (κ2) is 22.3. The highest BCUT2D eigenvalue weighted by molar-refractivity contribution is 6.14. The quantitative estimate of drug-likeness (QED) is 0.149. The molecule has 96 heavy (non-hydrogen) atoms. The number of aromatic nitrogens is 3. The molecule has 28 heteroatoms. The molecule has 9 aromatic carbocycles. The number of hydrogen-bond acceptors (Lipinski definition) is 2. The molecule has 0 saturated carbocycles. The van der Waals surface area contributed by atoms with Crippen molar-refractivity contribution in [2.45, 2.75) is 49.4 Å². The van der Waals surface area contributed by atoms with Gasteiger partial charge in [-0.1, -0.05) is 72.8 Å². The van der Waals surface area contributed by atoms with Crippen LogP contribution in [0.15, 0.2) is 182 Å². The predicted molar refractivity (Wildman–Crippen MR) is 305 cm³/mol. The minimum atomic E-state index is -5.51. The minimum absolute atomic E-state index is 0.0195. The van der Waals surface area contributed by atoms with Gasteiger partial charge in [-0.15, -0.1) is 0 Å². The van der Waals surface area contributed by atoms with Crippen LogP contribution in [0, 0.1) is 11.3 Å². The highest BCUT2D eigenvalue weighted by Crippen LogP contribution is 2.51. The fourth-order valence-electron chi connectivity index (χ4n) is 11.9. The third-order valence-corrected chi connectivity index (χ3v) is 16.1. The van der Waals surface area contributed by atoms with E-state index in [1.165, 1.54) is 48.8 Å². The smallest absolute Gasteiger partial charge is 0.308 e. The van der Waals surface area contributed by atoms with Crippen molar-refractivity contribution in [1.82, 2.24) is 14.1 Å². The van der Waals surface area contributed by atoms with Crippen molar-refractivity contribution >= 4 is 43.6 Å². The number of nitrogens with zero attached hydrogens (tertiary/aromatic N) is 4. The Morgan fingerprint density at radius 2 is 0.521 bits per heavy atom. The fraction of sp³-hybridized carbons (Fsp3) is 0.118. The number of nitriles is 1. The zero-order chi connectivity index (χ0) is 69.5. The van der Waals surface area contributed by atoms with Crippen LogP contribution >= 0.6 is 0 Å². The second-order valence-corrected chi connectivity index (χ2v) is 21.9. The maximum atomic E-state index is 15.0. The monoisotopic (exact) mass is 1360 g/mol. The molecule has 0 spiro atoms. The Morgan fingerprint density at radius 3 is 0.740 bits per heavy atom. The van der Waals surface area contributed by atoms with E-state index in [2.05, 4.69) is 4.98 Å². The first-order chi connectivity index (χ1) is 44.6. The average molecular weight is 1360 g/mol. The zero-order valence-corrected chi connectivity index (χ0v) is 47.2. The molecule has 0 aliphatic heterocycles. The third-order valence-electron chi connectivity index (χ3n) is 16.1. The van der Waals surface area contributed by atoms with Crippen LogP contribution in [0.3, 0.4) is 0 Å². The van der Waals surface area contributed by atoms with E-state index in [4.69, 9.17) is 0 Å². The Kier molecular flexibility index (Phi) is 15.3. The number of rotatable bonds is 7. The van der Waals surface area contributed by atoms with E-state index < -0.39 is 144 Å². The maximum absolute atomic E-state index is 15.0. The van der Waals surface area contributed by atoms with E-state index >= 15 is 52.7 Å². The number of halogens is 24. The molecule has 0 aliphatic rings. The van der Waals surface area contributed by atoms with Gasteiger partial charge in [-0.05, 0) is 147 Å². The number of benzene rings is 9. The van der Waals surface area contributed by atoms with Crippen molar-refractivity contribution in [2.75, 3.05) is 0 Å². The van der Waals surface area contributed by atoms with Crippen LogP contribution in [0.5, 0.6) is 0 Å². The van der Waals surface area contributed by atoms with Crippen LogP contribution in [0.1, 0.15) is 50.1 Å². The minimum Gasteiger partial charge on any atom is -0.308 e. The standard InChI is InChI=1S/C68H30F24N4/c69-61(70,71)38-5-13-42(50(27-38)65(81,82)83)34-1-9-46-47-10-2-35(43-14-6-39(62(72,73)74)28-51(43)66(84,85)86)24-55(47)95(54(46)23-34)58-21-32(31-93)22-59(60(58)33-17-19-94-20-18-33)96-56-25-36(44-15-7-40(63(75,76)77)29-52(44)67(87,88)89)3-11-48(56)49-12-4-37(26-57(49)96)45-16-8-41(64(78,79)80)30-53(45)68(90,91)92/h1-30H. The summed E-state index contributed by atoms with van der Waals surface area (Å²) in [5.74, 6) is 0. The zero-order valence-electron chi connectivity index (χ0n) is 47.2. The van der Waals surface area contributed by atoms with Crippen LogP contribution in [0.2, 0.25) is 0 Å². The Balaban J connectivity index is 1.26. The molecule has 0 amide bonds. The Bertz CT molecular complexity index is 4620. The molecule has 490 valence electrons. The lowest BCUT2D eigenvalue weighted by Gasteiger charge is -2.22. The van der Waals surface area contributed by atoms with Crippen molar-refractivity contribution < 1.29 is 105 Å². The first kappa shape index (κ1) is 65.6. The van der Waals surface area contributed by atoms with Gasteiger partial charge < -0.3 is 9.13 Å². The van der Waals surface area contributed by atoms with Crippen LogP contribution < -0.4 is 0 Å². The van der Waals surface area contributed by atoms with Gasteiger partial charge >= 0.3 is 49.4 Å². The Hall–Kier alpha value is -10.5. The summed E-state index contributed by atoms with van der Waals surface area (Å²) in [6, 6.07) is 22.4. The SMILES string of the molecule is N#Cc1cc(-n2c3cc(-c4ccc(C(F)(F)F)cc4C(F)(F)F)ccc3c3ccc(-c4ccc(C(F)(F)F)cc4C(F)(F)F)cc32)c(-c2ccncc2)c(-n2c3cc(-c4ccc(C(F)(F)F)cc4C(F)(F)F)ccc3c3ccc(-c4ccc(C(F)(F)F)cc4C(F)(F)F)cc32)c1. The van der Waals surface area contributed by atoms with E-state index in [1.54, 1.807) is 0 Å². The third kappa shape index (κ3) is 11.8. The van der Waals surface area contributed by atoms with E-state index in [9.17, 15) is 57.9 Å². The molecule has 0 unspecified atom stereocenters. The van der Waals surface area contributed by atoms with Gasteiger partial charge in [0.25, 0.3) is 0 Å². The molecular formula is C68H30F24N4. The lowest BCUT2D eigenvalue weighted by atomic mass is 9.95. The van der Waals surface area contributed by atoms with E-state index in [-0.39, 0.29) is 90.4 Å². The van der Waals surface area contributed by atoms with Crippen molar-refractivity contribution in [1.29, 1.82) is 5.26 Å². The van der Waals surface area contributed by atoms with Gasteiger partial charge in [0.1, 0.15) is 0 Å². The second-order valence-electron chi connectivity index (χ2n) is 21.9. The van der Waals surface area contributed by atoms with Gasteiger partial charge in [-0.25, -0.2) is 0 Å². The lowest BCUT2D eigenvalue weighted by molar-refractivity contribution is -0.144. The van der Waals surface area contributed by atoms with E-state index in [0.29, 0.717) is 48.5 Å². The van der Waals surface area contributed by atoms with Gasteiger partial charge in [0.05, 0.1) is 89.6 Å². The number of hydrogen-bond donors (Lipinski definition) is 0. The highest BCUT2D eigenvalue weighted by atomic mass is 19.4. The summed E-state index contributed by atoms with van der Waals surface area (Å²) in [5, 5.41) is 11.0. The molecule has 0 saturated heterocycles. The van der Waals surface area contributed by atoms with Gasteiger partial charge in [0.2, 0.25) is 0 Å². The summed E-state index contributed by atoms with van der Waals surface area (Å²) in [4.78, 5) is 4.05. The molecule has 0 N–H and O–H groups in total. The van der Waals surface area contributed by atoms with Crippen LogP contribution in [-0.4, -0.2) is 14.1 Å². The molecule has 0 radical (unpaired) electrons. The van der Waals surface area contributed by atoms with Gasteiger partial charge in [0.15, 0.2) is 0 Å². The molecule has 0 bridgehead atoms. The predicted octanol–water partition coefficient (Wildman–Crippen LogP) is 23.6.